The van der Waals surface area contributed by atoms with Crippen LogP contribution in [0.1, 0.15) is 34.5 Å². The zero-order chi connectivity index (χ0) is 14.6. The molecule has 0 aliphatic heterocycles. The average Bonchev–Trinajstić information content (AvgIpc) is 2.34. The van der Waals surface area contributed by atoms with E-state index in [-0.39, 0.29) is 44.0 Å². The van der Waals surface area contributed by atoms with Crippen LogP contribution in [0.2, 0.25) is 0 Å². The van der Waals surface area contributed by atoms with Crippen LogP contribution < -0.4 is 29.6 Å². The fourth-order valence-corrected chi connectivity index (χ4v) is 1.58. The summed E-state index contributed by atoms with van der Waals surface area (Å²) in [5.74, 6) is 0. The number of ether oxygens (including phenoxy) is 3. The van der Waals surface area contributed by atoms with Gasteiger partial charge < -0.3 is 15.6 Å². The Bertz CT molecular complexity index is 302. The zero-order valence-electron chi connectivity index (χ0n) is 13.8. The van der Waals surface area contributed by atoms with Gasteiger partial charge in [-0.1, -0.05) is 13.3 Å². The first-order valence-corrected chi connectivity index (χ1v) is 8.18. The maximum Gasteiger partial charge on any atom is 1.00 e. The first-order valence-electron chi connectivity index (χ1n) is 6.68. The van der Waals surface area contributed by atoms with Gasteiger partial charge in [0.15, 0.2) is 0 Å². The summed E-state index contributed by atoms with van der Waals surface area (Å²) < 4.78 is 45.9. The van der Waals surface area contributed by atoms with Gasteiger partial charge >= 0.3 is 29.6 Å². The molecule has 1 unspecified atom stereocenters. The van der Waals surface area contributed by atoms with E-state index >= 15 is 0 Å². The molecule has 0 spiro atoms. The van der Waals surface area contributed by atoms with Crippen LogP contribution in [0, 0.1) is 0 Å². The van der Waals surface area contributed by atoms with Gasteiger partial charge in [-0.15, -0.1) is 0 Å². The molecule has 0 aromatic rings. The predicted octanol–water partition coefficient (Wildman–Crippen LogP) is -1.38. The fourth-order valence-electron chi connectivity index (χ4n) is 1.19. The molecule has 1 atom stereocenters. The second kappa shape index (κ2) is 14.7. The van der Waals surface area contributed by atoms with E-state index in [2.05, 4.69) is 6.92 Å². The van der Waals surface area contributed by atoms with Crippen molar-refractivity contribution in [3.63, 3.8) is 0 Å². The summed E-state index contributed by atoms with van der Waals surface area (Å²) in [6, 6.07) is 0. The van der Waals surface area contributed by atoms with Gasteiger partial charge in [-0.25, -0.2) is 0 Å². The van der Waals surface area contributed by atoms with E-state index < -0.39 is 15.4 Å². The van der Waals surface area contributed by atoms with E-state index in [0.29, 0.717) is 26.4 Å². The number of hydrogen-bond acceptors (Lipinski definition) is 5. The standard InChI is InChI=1S/C12H26O6S.Na.H/c1-3-4-6-16-8-10-18-11-9-17-7-5-12(2)19(13,14)15;;/h12H,3-11H2,1-2H3,(H,13,14,15);;/q;+1;-1. The first-order chi connectivity index (χ1) is 8.98. The average molecular weight is 322 g/mol. The molecule has 118 valence electrons. The third kappa shape index (κ3) is 15.2. The van der Waals surface area contributed by atoms with E-state index in [4.69, 9.17) is 18.8 Å². The summed E-state index contributed by atoms with van der Waals surface area (Å²) in [5, 5.41) is -0.791. The van der Waals surface area contributed by atoms with Crippen molar-refractivity contribution in [1.29, 1.82) is 0 Å². The molecule has 0 fully saturated rings. The summed E-state index contributed by atoms with van der Waals surface area (Å²) in [6.07, 6.45) is 2.46. The molecule has 20 heavy (non-hydrogen) atoms. The SMILES string of the molecule is CCCCOCCOCCOCCC(C)S(=O)(=O)O.[H-].[Na+]. The Morgan fingerprint density at radius 1 is 1.00 bits per heavy atom. The molecule has 0 aromatic carbocycles. The van der Waals surface area contributed by atoms with Gasteiger partial charge in [0.2, 0.25) is 0 Å². The Kier molecular flexibility index (Phi) is 17.0. The molecule has 0 heterocycles. The molecule has 6 nitrogen and oxygen atoms in total. The number of rotatable bonds is 13. The topological polar surface area (TPSA) is 82.1 Å². The third-order valence-corrected chi connectivity index (χ3v) is 3.82. The molecule has 0 radical (unpaired) electrons. The second-order valence-corrected chi connectivity index (χ2v) is 6.14. The number of unbranched alkanes of at least 4 members (excludes halogenated alkanes) is 1. The number of hydrogen-bond donors (Lipinski definition) is 1. The van der Waals surface area contributed by atoms with Crippen molar-refractivity contribution in [2.75, 3.05) is 39.6 Å². The van der Waals surface area contributed by atoms with E-state index in [9.17, 15) is 8.42 Å². The Labute approximate surface area is 146 Å². The van der Waals surface area contributed by atoms with Gasteiger partial charge in [0.05, 0.1) is 31.7 Å². The van der Waals surface area contributed by atoms with Gasteiger partial charge in [0.1, 0.15) is 0 Å². The largest absolute Gasteiger partial charge is 1.00 e. The molecular formula is C12H27NaO6S. The summed E-state index contributed by atoms with van der Waals surface area (Å²) in [7, 11) is -3.94. The van der Waals surface area contributed by atoms with E-state index in [1.54, 1.807) is 0 Å². The van der Waals surface area contributed by atoms with Crippen molar-refractivity contribution >= 4 is 10.1 Å². The summed E-state index contributed by atoms with van der Waals surface area (Å²) in [5.41, 5.74) is 0. The minimum Gasteiger partial charge on any atom is -1.00 e. The minimum absolute atomic E-state index is 0. The van der Waals surface area contributed by atoms with Gasteiger partial charge in [0, 0.05) is 13.2 Å². The van der Waals surface area contributed by atoms with Crippen molar-refractivity contribution in [2.24, 2.45) is 0 Å². The van der Waals surface area contributed by atoms with Crippen molar-refractivity contribution in [2.45, 2.75) is 38.4 Å². The molecule has 0 amide bonds. The molecular weight excluding hydrogens is 295 g/mol. The molecule has 1 N–H and O–H groups in total. The van der Waals surface area contributed by atoms with Gasteiger partial charge in [0.25, 0.3) is 10.1 Å². The van der Waals surface area contributed by atoms with Crippen LogP contribution in [0.15, 0.2) is 0 Å². The van der Waals surface area contributed by atoms with Crippen LogP contribution in [-0.2, 0) is 24.3 Å². The van der Waals surface area contributed by atoms with Crippen LogP contribution in [0.25, 0.3) is 0 Å². The summed E-state index contributed by atoms with van der Waals surface area (Å²) in [4.78, 5) is 0. The van der Waals surface area contributed by atoms with Crippen molar-refractivity contribution in [1.82, 2.24) is 0 Å². The molecule has 8 heteroatoms. The second-order valence-electron chi connectivity index (χ2n) is 4.30. The summed E-state index contributed by atoms with van der Waals surface area (Å²) in [6.45, 7) is 6.60. The van der Waals surface area contributed by atoms with E-state index in [1.165, 1.54) is 6.92 Å². The van der Waals surface area contributed by atoms with Gasteiger partial charge in [-0.2, -0.15) is 8.42 Å². The predicted molar refractivity (Wildman–Crippen MR) is 74.1 cm³/mol. The normalized spacial score (nSPS) is 12.9. The van der Waals surface area contributed by atoms with Crippen LogP contribution in [0.5, 0.6) is 0 Å². The molecule has 0 saturated heterocycles. The quantitative estimate of drug-likeness (QED) is 0.256. The molecule has 0 bridgehead atoms. The molecule has 0 aromatic heterocycles. The van der Waals surface area contributed by atoms with Crippen LogP contribution in [0.3, 0.4) is 0 Å². The van der Waals surface area contributed by atoms with Crippen molar-refractivity contribution < 1.29 is 58.2 Å². The summed E-state index contributed by atoms with van der Waals surface area (Å²) >= 11 is 0. The van der Waals surface area contributed by atoms with Crippen molar-refractivity contribution in [3.8, 4) is 0 Å². The van der Waals surface area contributed by atoms with Crippen LogP contribution >= 0.6 is 0 Å². The van der Waals surface area contributed by atoms with Crippen LogP contribution in [0.4, 0.5) is 0 Å². The van der Waals surface area contributed by atoms with Crippen molar-refractivity contribution in [3.05, 3.63) is 0 Å². The molecule has 0 saturated carbocycles. The first kappa shape index (κ1) is 23.1. The maximum absolute atomic E-state index is 10.7. The zero-order valence-corrected chi connectivity index (χ0v) is 15.7. The Balaban J connectivity index is -0.00000162. The fraction of sp³-hybridized carbons (Fsp3) is 1.00. The van der Waals surface area contributed by atoms with Gasteiger partial charge in [-0.05, 0) is 19.8 Å². The maximum atomic E-state index is 10.7. The molecule has 0 aliphatic rings. The Hall–Kier alpha value is 0.790. The van der Waals surface area contributed by atoms with Crippen LogP contribution in [-0.4, -0.2) is 57.9 Å². The van der Waals surface area contributed by atoms with E-state index in [1.807, 2.05) is 0 Å². The Morgan fingerprint density at radius 3 is 1.90 bits per heavy atom. The monoisotopic (exact) mass is 322 g/mol. The third-order valence-electron chi connectivity index (χ3n) is 2.56. The van der Waals surface area contributed by atoms with E-state index in [0.717, 1.165) is 19.4 Å². The molecule has 0 rings (SSSR count). The smallest absolute Gasteiger partial charge is 1.00 e. The molecule has 0 aliphatic carbocycles. The Morgan fingerprint density at radius 2 is 1.45 bits per heavy atom. The minimum atomic E-state index is -3.94. The van der Waals surface area contributed by atoms with Gasteiger partial charge in [-0.3, -0.25) is 4.55 Å².